The summed E-state index contributed by atoms with van der Waals surface area (Å²) in [7, 11) is 0. The maximum absolute atomic E-state index is 6.61. The quantitative estimate of drug-likeness (QED) is 0.384. The fraction of sp³-hybridized carbons (Fsp3) is 1.00. The van der Waals surface area contributed by atoms with Gasteiger partial charge in [-0.15, -0.1) is 0 Å². The van der Waals surface area contributed by atoms with Crippen LogP contribution in [0.3, 0.4) is 0 Å². The summed E-state index contributed by atoms with van der Waals surface area (Å²) in [5, 5.41) is 0. The molecule has 0 spiro atoms. The Bertz CT molecular complexity index is 447. The molecule has 3 heteroatoms. The van der Waals surface area contributed by atoms with Gasteiger partial charge >= 0.3 is 0 Å². The molecule has 136 valence electrons. The van der Waals surface area contributed by atoms with Crippen LogP contribution in [-0.4, -0.2) is 21.9 Å². The van der Waals surface area contributed by atoms with Crippen molar-refractivity contribution in [1.82, 2.24) is 0 Å². The molecule has 0 amide bonds. The lowest BCUT2D eigenvalue weighted by atomic mass is 9.42. The summed E-state index contributed by atoms with van der Waals surface area (Å²) in [6.45, 7) is 0.909. The van der Waals surface area contributed by atoms with Crippen molar-refractivity contribution in [2.24, 2.45) is 10.8 Å². The van der Waals surface area contributed by atoms with Crippen molar-refractivity contribution in [1.29, 1.82) is 0 Å². The highest BCUT2D eigenvalue weighted by molar-refractivity contribution is 14.1. The molecule has 0 radical (unpaired) electrons. The van der Waals surface area contributed by atoms with E-state index < -0.39 is 0 Å². The van der Waals surface area contributed by atoms with Crippen molar-refractivity contribution in [3.8, 4) is 0 Å². The van der Waals surface area contributed by atoms with Crippen LogP contribution in [0.15, 0.2) is 0 Å². The van der Waals surface area contributed by atoms with E-state index in [2.05, 4.69) is 22.6 Å². The topological polar surface area (TPSA) is 18.5 Å². The van der Waals surface area contributed by atoms with Crippen LogP contribution in [0.5, 0.6) is 0 Å². The zero-order valence-electron chi connectivity index (χ0n) is 15.1. The zero-order valence-corrected chi connectivity index (χ0v) is 17.2. The summed E-state index contributed by atoms with van der Waals surface area (Å²) in [6.07, 6.45) is 21.0. The van der Waals surface area contributed by atoms with Crippen molar-refractivity contribution < 1.29 is 9.47 Å². The molecule has 6 aliphatic carbocycles. The standard InChI is InChI=1S/C21H33IO2/c22-20-10-4-18(5-11-20,6-12-20)19-7-13-21(14-8-19,15-9-19)24-17-3-1-2-16-23-17/h17H,1-16H2. The Morgan fingerprint density at radius 1 is 0.708 bits per heavy atom. The van der Waals surface area contributed by atoms with Crippen molar-refractivity contribution in [3.63, 3.8) is 0 Å². The Morgan fingerprint density at radius 2 is 1.25 bits per heavy atom. The molecule has 7 aliphatic rings. The van der Waals surface area contributed by atoms with Crippen LogP contribution in [0, 0.1) is 10.8 Å². The average molecular weight is 444 g/mol. The Kier molecular flexibility index (Phi) is 4.07. The van der Waals surface area contributed by atoms with Gasteiger partial charge in [-0.2, -0.15) is 0 Å². The van der Waals surface area contributed by atoms with Crippen LogP contribution in [0.1, 0.15) is 96.3 Å². The summed E-state index contributed by atoms with van der Waals surface area (Å²) in [5.74, 6) is 0. The van der Waals surface area contributed by atoms with Crippen LogP contribution in [0.2, 0.25) is 0 Å². The van der Waals surface area contributed by atoms with Gasteiger partial charge in [0.2, 0.25) is 0 Å². The molecule has 2 nitrogen and oxygen atoms in total. The molecule has 0 aromatic rings. The Morgan fingerprint density at radius 3 is 1.75 bits per heavy atom. The number of fused-ring (bicyclic) bond motifs is 6. The van der Waals surface area contributed by atoms with E-state index in [-0.39, 0.29) is 11.9 Å². The summed E-state index contributed by atoms with van der Waals surface area (Å²) < 4.78 is 13.2. The van der Waals surface area contributed by atoms with Crippen LogP contribution >= 0.6 is 22.6 Å². The second kappa shape index (κ2) is 5.82. The first kappa shape index (κ1) is 16.8. The molecule has 4 bridgehead atoms. The molecule has 0 aromatic heterocycles. The smallest absolute Gasteiger partial charge is 0.158 e. The van der Waals surface area contributed by atoms with Crippen LogP contribution in [-0.2, 0) is 9.47 Å². The predicted octanol–water partition coefficient (Wildman–Crippen LogP) is 6.15. The maximum atomic E-state index is 6.61. The molecule has 0 aromatic carbocycles. The second-order valence-corrected chi connectivity index (χ2v) is 12.1. The third-order valence-corrected chi connectivity index (χ3v) is 10.6. The fourth-order valence-electron chi connectivity index (χ4n) is 7.14. The molecule has 1 heterocycles. The van der Waals surface area contributed by atoms with Crippen molar-refractivity contribution >= 4 is 22.6 Å². The van der Waals surface area contributed by atoms with E-state index in [0.717, 1.165) is 13.0 Å². The van der Waals surface area contributed by atoms with E-state index >= 15 is 0 Å². The summed E-state index contributed by atoms with van der Waals surface area (Å²) in [4.78, 5) is 0. The number of hydrogen-bond donors (Lipinski definition) is 0. The molecule has 1 atom stereocenters. The van der Waals surface area contributed by atoms with E-state index in [4.69, 9.17) is 9.47 Å². The van der Waals surface area contributed by atoms with E-state index in [1.807, 2.05) is 0 Å². The molecular formula is C21H33IO2. The third kappa shape index (κ3) is 2.54. The lowest BCUT2D eigenvalue weighted by Gasteiger charge is -2.66. The predicted molar refractivity (Wildman–Crippen MR) is 104 cm³/mol. The molecule has 7 rings (SSSR count). The number of rotatable bonds is 3. The second-order valence-electron chi connectivity index (χ2n) is 9.81. The van der Waals surface area contributed by atoms with E-state index in [9.17, 15) is 0 Å². The Balaban J connectivity index is 1.29. The molecule has 6 saturated carbocycles. The minimum atomic E-state index is 0.103. The van der Waals surface area contributed by atoms with Crippen LogP contribution < -0.4 is 0 Å². The summed E-state index contributed by atoms with van der Waals surface area (Å²) in [5.41, 5.74) is 1.55. The van der Waals surface area contributed by atoms with Gasteiger partial charge < -0.3 is 9.47 Å². The van der Waals surface area contributed by atoms with E-state index in [0.29, 0.717) is 14.3 Å². The van der Waals surface area contributed by atoms with Crippen molar-refractivity contribution in [3.05, 3.63) is 0 Å². The van der Waals surface area contributed by atoms with Crippen molar-refractivity contribution in [2.75, 3.05) is 6.61 Å². The lowest BCUT2D eigenvalue weighted by Crippen LogP contribution is -2.59. The average Bonchev–Trinajstić information content (AvgIpc) is 2.65. The molecule has 24 heavy (non-hydrogen) atoms. The maximum Gasteiger partial charge on any atom is 0.158 e. The number of alkyl halides is 1. The monoisotopic (exact) mass is 444 g/mol. The highest BCUT2D eigenvalue weighted by Crippen LogP contribution is 2.70. The Hall–Kier alpha value is 0.650. The van der Waals surface area contributed by atoms with Gasteiger partial charge in [-0.05, 0) is 107 Å². The molecule has 1 saturated heterocycles. The number of halogens is 1. The molecular weight excluding hydrogens is 411 g/mol. The highest BCUT2D eigenvalue weighted by Gasteiger charge is 2.62. The third-order valence-electron chi connectivity index (χ3n) is 8.98. The normalized spacial score (nSPS) is 54.1. The van der Waals surface area contributed by atoms with E-state index in [1.54, 1.807) is 0 Å². The van der Waals surface area contributed by atoms with Crippen molar-refractivity contribution in [2.45, 2.75) is 112 Å². The Labute approximate surface area is 160 Å². The van der Waals surface area contributed by atoms with Gasteiger partial charge in [0.15, 0.2) is 6.29 Å². The first-order chi connectivity index (χ1) is 11.6. The van der Waals surface area contributed by atoms with Gasteiger partial charge in [0.05, 0.1) is 5.60 Å². The van der Waals surface area contributed by atoms with Gasteiger partial charge in [0.25, 0.3) is 0 Å². The van der Waals surface area contributed by atoms with Crippen LogP contribution in [0.4, 0.5) is 0 Å². The van der Waals surface area contributed by atoms with Crippen LogP contribution in [0.25, 0.3) is 0 Å². The fourth-order valence-corrected chi connectivity index (χ4v) is 7.95. The van der Waals surface area contributed by atoms with Gasteiger partial charge in [0, 0.05) is 10.0 Å². The number of hydrogen-bond acceptors (Lipinski definition) is 2. The van der Waals surface area contributed by atoms with Gasteiger partial charge in [-0.25, -0.2) is 0 Å². The van der Waals surface area contributed by atoms with Gasteiger partial charge in [-0.1, -0.05) is 22.6 Å². The van der Waals surface area contributed by atoms with Gasteiger partial charge in [-0.3, -0.25) is 0 Å². The summed E-state index contributed by atoms with van der Waals surface area (Å²) >= 11 is 2.80. The minimum Gasteiger partial charge on any atom is -0.353 e. The number of ether oxygens (including phenoxy) is 2. The molecule has 7 fully saturated rings. The first-order valence-electron chi connectivity index (χ1n) is 10.6. The summed E-state index contributed by atoms with van der Waals surface area (Å²) in [6, 6.07) is 0. The van der Waals surface area contributed by atoms with E-state index in [1.165, 1.54) is 89.9 Å². The van der Waals surface area contributed by atoms with Gasteiger partial charge in [0.1, 0.15) is 0 Å². The largest absolute Gasteiger partial charge is 0.353 e. The lowest BCUT2D eigenvalue weighted by molar-refractivity contribution is -0.266. The zero-order chi connectivity index (χ0) is 16.3. The minimum absolute atomic E-state index is 0.103. The molecule has 1 unspecified atom stereocenters. The first-order valence-corrected chi connectivity index (χ1v) is 11.6. The molecule has 1 aliphatic heterocycles. The molecule has 0 N–H and O–H groups in total. The highest BCUT2D eigenvalue weighted by atomic mass is 127. The SMILES string of the molecule is IC12CCC(C34CCC(OC5CCCCO5)(CC3)CC4)(CC1)CC2.